The molecule has 0 radical (unpaired) electrons. The number of ketones is 1. The van der Waals surface area contributed by atoms with E-state index in [0.717, 1.165) is 24.0 Å². The Morgan fingerprint density at radius 2 is 2.08 bits per heavy atom. The lowest BCUT2D eigenvalue weighted by Crippen LogP contribution is -1.99. The molecule has 0 spiro atoms. The van der Waals surface area contributed by atoms with Gasteiger partial charge in [-0.15, -0.1) is 0 Å². The molecule has 0 saturated carbocycles. The standard InChI is InChI=1S/C12H16O/c1-4-6-11-7-5-8-12(9(11)2)10(3)13/h5,7-8H,4,6H2,1-3H3. The summed E-state index contributed by atoms with van der Waals surface area (Å²) in [4.78, 5) is 11.2. The average molecular weight is 176 g/mol. The smallest absolute Gasteiger partial charge is 0.160 e. The van der Waals surface area contributed by atoms with Crippen LogP contribution in [0, 0.1) is 6.92 Å². The van der Waals surface area contributed by atoms with E-state index in [9.17, 15) is 4.79 Å². The first kappa shape index (κ1) is 9.97. The van der Waals surface area contributed by atoms with Gasteiger partial charge in [0.05, 0.1) is 0 Å². The van der Waals surface area contributed by atoms with Crippen LogP contribution in [-0.4, -0.2) is 5.78 Å². The van der Waals surface area contributed by atoms with Crippen LogP contribution in [-0.2, 0) is 6.42 Å². The normalized spacial score (nSPS) is 10.1. The molecule has 0 aliphatic heterocycles. The average Bonchev–Trinajstić information content (AvgIpc) is 2.08. The molecule has 1 aromatic carbocycles. The summed E-state index contributed by atoms with van der Waals surface area (Å²) in [6.07, 6.45) is 2.19. The van der Waals surface area contributed by atoms with Gasteiger partial charge >= 0.3 is 0 Å². The molecule has 0 bridgehead atoms. The van der Waals surface area contributed by atoms with E-state index >= 15 is 0 Å². The van der Waals surface area contributed by atoms with E-state index in [1.165, 1.54) is 5.56 Å². The van der Waals surface area contributed by atoms with Crippen molar-refractivity contribution < 1.29 is 4.79 Å². The highest BCUT2D eigenvalue weighted by Crippen LogP contribution is 2.15. The van der Waals surface area contributed by atoms with Crippen molar-refractivity contribution in [3.8, 4) is 0 Å². The predicted molar refractivity (Wildman–Crippen MR) is 55.2 cm³/mol. The zero-order valence-corrected chi connectivity index (χ0v) is 8.55. The molecule has 0 amide bonds. The van der Waals surface area contributed by atoms with E-state index in [-0.39, 0.29) is 5.78 Å². The van der Waals surface area contributed by atoms with Crippen LogP contribution in [0.3, 0.4) is 0 Å². The van der Waals surface area contributed by atoms with Crippen LogP contribution < -0.4 is 0 Å². The Kier molecular flexibility index (Phi) is 3.24. The number of hydrogen-bond acceptors (Lipinski definition) is 1. The largest absolute Gasteiger partial charge is 0.295 e. The molecular weight excluding hydrogens is 160 g/mol. The Hall–Kier alpha value is -1.11. The molecule has 0 fully saturated rings. The van der Waals surface area contributed by atoms with Gasteiger partial charge < -0.3 is 0 Å². The second-order valence-electron chi connectivity index (χ2n) is 3.40. The van der Waals surface area contributed by atoms with Crippen LogP contribution in [0.5, 0.6) is 0 Å². The number of aryl methyl sites for hydroxylation is 1. The predicted octanol–water partition coefficient (Wildman–Crippen LogP) is 3.15. The van der Waals surface area contributed by atoms with Gasteiger partial charge in [0, 0.05) is 5.56 Å². The van der Waals surface area contributed by atoms with Gasteiger partial charge in [-0.2, -0.15) is 0 Å². The fraction of sp³-hybridized carbons (Fsp3) is 0.417. The van der Waals surface area contributed by atoms with Crippen molar-refractivity contribution in [3.05, 3.63) is 34.9 Å². The Balaban J connectivity index is 3.10. The third-order valence-corrected chi connectivity index (χ3v) is 2.34. The summed E-state index contributed by atoms with van der Waals surface area (Å²) in [5.41, 5.74) is 3.32. The lowest BCUT2D eigenvalue weighted by molar-refractivity contribution is 0.101. The van der Waals surface area contributed by atoms with Crippen molar-refractivity contribution in [2.24, 2.45) is 0 Å². The molecule has 0 aliphatic rings. The molecule has 0 N–H and O–H groups in total. The molecule has 13 heavy (non-hydrogen) atoms. The summed E-state index contributed by atoms with van der Waals surface area (Å²) in [5, 5.41) is 0. The Labute approximate surface area is 79.8 Å². The summed E-state index contributed by atoms with van der Waals surface area (Å²) >= 11 is 0. The molecule has 0 aliphatic carbocycles. The topological polar surface area (TPSA) is 17.1 Å². The molecule has 0 atom stereocenters. The molecule has 1 rings (SSSR count). The van der Waals surface area contributed by atoms with E-state index in [1.807, 2.05) is 19.1 Å². The number of Topliss-reactive ketones (excluding diaryl/α,β-unsaturated/α-hetero) is 1. The molecule has 0 aromatic heterocycles. The van der Waals surface area contributed by atoms with Gasteiger partial charge in [-0.1, -0.05) is 31.5 Å². The minimum Gasteiger partial charge on any atom is -0.295 e. The van der Waals surface area contributed by atoms with E-state index in [4.69, 9.17) is 0 Å². The molecule has 70 valence electrons. The third kappa shape index (κ3) is 2.18. The van der Waals surface area contributed by atoms with Crippen LogP contribution in [0.4, 0.5) is 0 Å². The maximum absolute atomic E-state index is 11.2. The molecule has 0 heterocycles. The third-order valence-electron chi connectivity index (χ3n) is 2.34. The Bertz CT molecular complexity index is 313. The van der Waals surface area contributed by atoms with Crippen molar-refractivity contribution in [2.75, 3.05) is 0 Å². The number of rotatable bonds is 3. The van der Waals surface area contributed by atoms with Crippen LogP contribution in [0.2, 0.25) is 0 Å². The fourth-order valence-corrected chi connectivity index (χ4v) is 1.61. The molecule has 1 heteroatoms. The van der Waals surface area contributed by atoms with Crippen LogP contribution >= 0.6 is 0 Å². The van der Waals surface area contributed by atoms with Crippen molar-refractivity contribution in [3.63, 3.8) is 0 Å². The summed E-state index contributed by atoms with van der Waals surface area (Å²) in [6, 6.07) is 5.97. The van der Waals surface area contributed by atoms with Crippen LogP contribution in [0.15, 0.2) is 18.2 Å². The minimum atomic E-state index is 0.162. The monoisotopic (exact) mass is 176 g/mol. The molecule has 0 unspecified atom stereocenters. The Morgan fingerprint density at radius 3 is 2.62 bits per heavy atom. The van der Waals surface area contributed by atoms with Gasteiger partial charge in [0.15, 0.2) is 5.78 Å². The second kappa shape index (κ2) is 4.22. The first-order valence-corrected chi connectivity index (χ1v) is 4.76. The maximum atomic E-state index is 11.2. The van der Waals surface area contributed by atoms with E-state index in [0.29, 0.717) is 0 Å². The van der Waals surface area contributed by atoms with Gasteiger partial charge in [-0.3, -0.25) is 4.79 Å². The van der Waals surface area contributed by atoms with Crippen LogP contribution in [0.1, 0.15) is 41.8 Å². The van der Waals surface area contributed by atoms with Gasteiger partial charge in [0.2, 0.25) is 0 Å². The second-order valence-corrected chi connectivity index (χ2v) is 3.40. The number of carbonyl (C=O) groups excluding carboxylic acids is 1. The van der Waals surface area contributed by atoms with E-state index in [2.05, 4.69) is 13.0 Å². The summed E-state index contributed by atoms with van der Waals surface area (Å²) in [5.74, 6) is 0.162. The van der Waals surface area contributed by atoms with Gasteiger partial charge in [-0.25, -0.2) is 0 Å². The molecular formula is C12H16O. The quantitative estimate of drug-likeness (QED) is 0.646. The van der Waals surface area contributed by atoms with E-state index < -0.39 is 0 Å². The number of hydrogen-bond donors (Lipinski definition) is 0. The van der Waals surface area contributed by atoms with Gasteiger partial charge in [0.1, 0.15) is 0 Å². The zero-order valence-electron chi connectivity index (χ0n) is 8.55. The lowest BCUT2D eigenvalue weighted by atomic mass is 9.97. The van der Waals surface area contributed by atoms with Crippen molar-refractivity contribution in [1.82, 2.24) is 0 Å². The van der Waals surface area contributed by atoms with Gasteiger partial charge in [-0.05, 0) is 31.4 Å². The van der Waals surface area contributed by atoms with E-state index in [1.54, 1.807) is 6.92 Å². The number of benzene rings is 1. The van der Waals surface area contributed by atoms with Crippen molar-refractivity contribution in [2.45, 2.75) is 33.6 Å². The molecule has 1 aromatic rings. The minimum absolute atomic E-state index is 0.162. The zero-order chi connectivity index (χ0) is 9.84. The number of carbonyl (C=O) groups is 1. The summed E-state index contributed by atoms with van der Waals surface area (Å²) < 4.78 is 0. The van der Waals surface area contributed by atoms with Gasteiger partial charge in [0.25, 0.3) is 0 Å². The highest BCUT2D eigenvalue weighted by molar-refractivity contribution is 5.95. The fourth-order valence-electron chi connectivity index (χ4n) is 1.61. The first-order valence-electron chi connectivity index (χ1n) is 4.76. The SMILES string of the molecule is CCCc1cccc(C(C)=O)c1C. The molecule has 0 saturated heterocycles. The molecule has 1 nitrogen and oxygen atoms in total. The maximum Gasteiger partial charge on any atom is 0.160 e. The Morgan fingerprint density at radius 1 is 1.38 bits per heavy atom. The van der Waals surface area contributed by atoms with Crippen molar-refractivity contribution in [1.29, 1.82) is 0 Å². The highest BCUT2D eigenvalue weighted by atomic mass is 16.1. The lowest BCUT2D eigenvalue weighted by Gasteiger charge is -2.07. The summed E-state index contributed by atoms with van der Waals surface area (Å²) in [7, 11) is 0. The van der Waals surface area contributed by atoms with Crippen molar-refractivity contribution >= 4 is 5.78 Å². The van der Waals surface area contributed by atoms with Crippen LogP contribution in [0.25, 0.3) is 0 Å². The highest BCUT2D eigenvalue weighted by Gasteiger charge is 2.06. The first-order chi connectivity index (χ1) is 6.16. The summed E-state index contributed by atoms with van der Waals surface area (Å²) in [6.45, 7) is 5.81.